The van der Waals surface area contributed by atoms with Gasteiger partial charge in [-0.3, -0.25) is 9.59 Å². The number of piperidine rings is 1. The van der Waals surface area contributed by atoms with Crippen LogP contribution >= 0.6 is 12.6 Å². The maximum absolute atomic E-state index is 13.8. The Morgan fingerprint density at radius 2 is 2.25 bits per heavy atom. The first-order valence-corrected chi connectivity index (χ1v) is 7.10. The zero-order valence-corrected chi connectivity index (χ0v) is 11.7. The van der Waals surface area contributed by atoms with E-state index in [1.165, 1.54) is 18.2 Å². The average Bonchev–Trinajstić information content (AvgIpc) is 2.83. The van der Waals surface area contributed by atoms with Gasteiger partial charge in [-0.25, -0.2) is 4.39 Å². The normalized spacial score (nSPS) is 25.3. The maximum atomic E-state index is 13.8. The summed E-state index contributed by atoms with van der Waals surface area (Å²) in [5.41, 5.74) is 0.0255. The Balaban J connectivity index is 1.90. The number of nitrogens with zero attached hydrogens (tertiary/aromatic N) is 1. The molecule has 0 bridgehead atoms. The van der Waals surface area contributed by atoms with E-state index >= 15 is 0 Å². The Labute approximate surface area is 121 Å². The lowest BCUT2D eigenvalue weighted by molar-refractivity contribution is -0.123. The second-order valence-corrected chi connectivity index (χ2v) is 5.74. The molecule has 4 nitrogen and oxygen atoms in total. The number of rotatable bonds is 1. The van der Waals surface area contributed by atoms with E-state index in [-0.39, 0.29) is 29.3 Å². The molecule has 0 spiro atoms. The van der Waals surface area contributed by atoms with Crippen LogP contribution in [0.2, 0.25) is 0 Å². The van der Waals surface area contributed by atoms with E-state index in [2.05, 4.69) is 17.9 Å². The predicted molar refractivity (Wildman–Crippen MR) is 74.2 cm³/mol. The molecule has 0 aromatic heterocycles. The second-order valence-electron chi connectivity index (χ2n) is 5.22. The van der Waals surface area contributed by atoms with Crippen LogP contribution in [0.25, 0.3) is 0 Å². The number of thiol groups is 1. The summed E-state index contributed by atoms with van der Waals surface area (Å²) in [6.45, 7) is 1.02. The van der Waals surface area contributed by atoms with Gasteiger partial charge in [-0.2, -0.15) is 0 Å². The zero-order valence-electron chi connectivity index (χ0n) is 10.8. The van der Waals surface area contributed by atoms with Gasteiger partial charge in [0, 0.05) is 18.0 Å². The number of benzene rings is 1. The molecule has 2 saturated heterocycles. The maximum Gasteiger partial charge on any atom is 0.257 e. The highest BCUT2D eigenvalue weighted by Gasteiger charge is 2.43. The molecular weight excluding hydrogens is 279 g/mol. The highest BCUT2D eigenvalue weighted by molar-refractivity contribution is 7.80. The number of hydrogen-bond acceptors (Lipinski definition) is 3. The van der Waals surface area contributed by atoms with Gasteiger partial charge in [0.2, 0.25) is 5.91 Å². The van der Waals surface area contributed by atoms with Crippen molar-refractivity contribution >= 4 is 24.4 Å². The van der Waals surface area contributed by atoms with E-state index in [4.69, 9.17) is 0 Å². The number of nitrogens with one attached hydrogen (secondary N) is 1. The molecule has 2 aliphatic rings. The van der Waals surface area contributed by atoms with E-state index in [0.717, 1.165) is 12.8 Å². The lowest BCUT2D eigenvalue weighted by atomic mass is 9.91. The Morgan fingerprint density at radius 3 is 3.05 bits per heavy atom. The molecule has 2 amide bonds. The molecule has 0 aliphatic carbocycles. The second kappa shape index (κ2) is 5.09. The Hall–Kier alpha value is -1.56. The van der Waals surface area contributed by atoms with E-state index in [1.807, 2.05) is 0 Å². The van der Waals surface area contributed by atoms with Crippen molar-refractivity contribution in [3.63, 3.8) is 0 Å². The quantitative estimate of drug-likeness (QED) is 0.771. The summed E-state index contributed by atoms with van der Waals surface area (Å²) in [6.07, 6.45) is 1.55. The number of halogens is 1. The van der Waals surface area contributed by atoms with Gasteiger partial charge >= 0.3 is 0 Å². The number of fused-ring (bicyclic) bond motifs is 1. The van der Waals surface area contributed by atoms with Crippen LogP contribution in [0, 0.1) is 11.7 Å². The molecule has 2 aliphatic heterocycles. The van der Waals surface area contributed by atoms with Crippen molar-refractivity contribution in [1.29, 1.82) is 0 Å². The number of carbonyl (C=O) groups excluding carboxylic acids is 2. The third-order valence-electron chi connectivity index (χ3n) is 4.04. The lowest BCUT2D eigenvalue weighted by Crippen LogP contribution is -2.48. The predicted octanol–water partition coefficient (Wildman–Crippen LogP) is 1.46. The van der Waals surface area contributed by atoms with Crippen LogP contribution in [0.1, 0.15) is 23.2 Å². The van der Waals surface area contributed by atoms with Crippen LogP contribution in [0.15, 0.2) is 23.1 Å². The Morgan fingerprint density at radius 1 is 1.45 bits per heavy atom. The Bertz CT molecular complexity index is 578. The first-order chi connectivity index (χ1) is 9.58. The van der Waals surface area contributed by atoms with Gasteiger partial charge in [0.15, 0.2) is 0 Å². The molecule has 2 atom stereocenters. The number of hydrogen-bond donors (Lipinski definition) is 2. The average molecular weight is 294 g/mol. The SMILES string of the molecule is O=C1NCC2C1CCCN2C(=O)c1cc(S)ccc1F. The molecule has 3 rings (SSSR count). The summed E-state index contributed by atoms with van der Waals surface area (Å²) >= 11 is 4.15. The standard InChI is InChI=1S/C14H15FN2O2S/c15-11-4-3-8(20)6-10(11)14(19)17-5-1-2-9-12(17)7-16-13(9)18/h3-4,6,9,12,20H,1-2,5,7H2,(H,16,18). The molecule has 1 N–H and O–H groups in total. The summed E-state index contributed by atoms with van der Waals surface area (Å²) in [6, 6.07) is 4.03. The minimum atomic E-state index is -0.549. The Kier molecular flexibility index (Phi) is 3.41. The summed E-state index contributed by atoms with van der Waals surface area (Å²) in [5.74, 6) is -1.07. The van der Waals surface area contributed by atoms with Gasteiger partial charge in [-0.05, 0) is 31.0 Å². The van der Waals surface area contributed by atoms with Gasteiger partial charge in [0.05, 0.1) is 17.5 Å². The van der Waals surface area contributed by atoms with Crippen molar-refractivity contribution in [2.24, 2.45) is 5.92 Å². The van der Waals surface area contributed by atoms with Gasteiger partial charge in [0.25, 0.3) is 5.91 Å². The fraction of sp³-hybridized carbons (Fsp3) is 0.429. The first-order valence-electron chi connectivity index (χ1n) is 6.65. The van der Waals surface area contributed by atoms with E-state index < -0.39 is 5.82 Å². The van der Waals surface area contributed by atoms with E-state index in [0.29, 0.717) is 18.0 Å². The molecule has 1 aromatic rings. The van der Waals surface area contributed by atoms with Crippen molar-refractivity contribution in [2.75, 3.05) is 13.1 Å². The molecule has 6 heteroatoms. The third-order valence-corrected chi connectivity index (χ3v) is 4.32. The summed E-state index contributed by atoms with van der Waals surface area (Å²) < 4.78 is 13.8. The summed E-state index contributed by atoms with van der Waals surface area (Å²) in [5, 5.41) is 2.78. The van der Waals surface area contributed by atoms with Crippen molar-refractivity contribution in [1.82, 2.24) is 10.2 Å². The van der Waals surface area contributed by atoms with Crippen molar-refractivity contribution in [3.05, 3.63) is 29.6 Å². The van der Waals surface area contributed by atoms with Crippen LogP contribution in [-0.2, 0) is 4.79 Å². The minimum Gasteiger partial charge on any atom is -0.354 e. The van der Waals surface area contributed by atoms with Gasteiger partial charge < -0.3 is 10.2 Å². The third kappa shape index (κ3) is 2.18. The smallest absolute Gasteiger partial charge is 0.257 e. The first kappa shape index (κ1) is 13.4. The lowest BCUT2D eigenvalue weighted by Gasteiger charge is -2.36. The molecule has 2 unspecified atom stereocenters. The van der Waals surface area contributed by atoms with Crippen LogP contribution < -0.4 is 5.32 Å². The largest absolute Gasteiger partial charge is 0.354 e. The van der Waals surface area contributed by atoms with Crippen LogP contribution in [0.4, 0.5) is 4.39 Å². The molecular formula is C14H15FN2O2S. The van der Waals surface area contributed by atoms with Crippen LogP contribution in [0.3, 0.4) is 0 Å². The van der Waals surface area contributed by atoms with Gasteiger partial charge in [0.1, 0.15) is 5.82 Å². The van der Waals surface area contributed by atoms with Crippen molar-refractivity contribution in [2.45, 2.75) is 23.8 Å². The van der Waals surface area contributed by atoms with Crippen LogP contribution in [-0.4, -0.2) is 35.8 Å². The fourth-order valence-corrected chi connectivity index (χ4v) is 3.24. The van der Waals surface area contributed by atoms with Crippen molar-refractivity contribution in [3.8, 4) is 0 Å². The van der Waals surface area contributed by atoms with Gasteiger partial charge in [-0.15, -0.1) is 12.6 Å². The number of likely N-dealkylation sites (tertiary alicyclic amines) is 1. The monoisotopic (exact) mass is 294 g/mol. The van der Waals surface area contributed by atoms with Crippen LogP contribution in [0.5, 0.6) is 0 Å². The molecule has 1 aromatic carbocycles. The fourth-order valence-electron chi connectivity index (χ4n) is 3.04. The topological polar surface area (TPSA) is 49.4 Å². The molecule has 0 saturated carbocycles. The minimum absolute atomic E-state index is 0.00378. The number of amides is 2. The molecule has 106 valence electrons. The summed E-state index contributed by atoms with van der Waals surface area (Å²) in [4.78, 5) is 26.4. The van der Waals surface area contributed by atoms with E-state index in [9.17, 15) is 14.0 Å². The highest BCUT2D eigenvalue weighted by atomic mass is 32.1. The zero-order chi connectivity index (χ0) is 14.3. The highest BCUT2D eigenvalue weighted by Crippen LogP contribution is 2.29. The van der Waals surface area contributed by atoms with Crippen molar-refractivity contribution < 1.29 is 14.0 Å². The van der Waals surface area contributed by atoms with E-state index in [1.54, 1.807) is 4.90 Å². The molecule has 0 radical (unpaired) electrons. The van der Waals surface area contributed by atoms with Gasteiger partial charge in [-0.1, -0.05) is 0 Å². The molecule has 2 fully saturated rings. The number of carbonyl (C=O) groups is 2. The summed E-state index contributed by atoms with van der Waals surface area (Å²) in [7, 11) is 0. The molecule has 2 heterocycles. The molecule has 20 heavy (non-hydrogen) atoms.